The molecule has 1 aromatic rings. The zero-order valence-electron chi connectivity index (χ0n) is 12.5. The fourth-order valence-electron chi connectivity index (χ4n) is 3.82. The van der Waals surface area contributed by atoms with E-state index in [9.17, 15) is 15.0 Å². The summed E-state index contributed by atoms with van der Waals surface area (Å²) in [6, 6.07) is 5.25. The molecule has 0 radical (unpaired) electrons. The predicted octanol–water partition coefficient (Wildman–Crippen LogP) is 2.73. The number of aromatic hydroxyl groups is 1. The van der Waals surface area contributed by atoms with Crippen molar-refractivity contribution in [1.82, 2.24) is 0 Å². The number of fused-ring (bicyclic) bond motifs is 1. The van der Waals surface area contributed by atoms with Gasteiger partial charge in [-0.15, -0.1) is 0 Å². The fraction of sp³-hybridized carbons (Fsp3) is 0.588. The number of ketones is 1. The fourth-order valence-corrected chi connectivity index (χ4v) is 3.82. The van der Waals surface area contributed by atoms with Gasteiger partial charge in [0, 0.05) is 30.8 Å². The average molecular weight is 289 g/mol. The molecule has 1 aliphatic carbocycles. The molecule has 2 fully saturated rings. The van der Waals surface area contributed by atoms with Gasteiger partial charge in [-0.05, 0) is 38.3 Å². The van der Waals surface area contributed by atoms with Gasteiger partial charge in [-0.25, -0.2) is 0 Å². The first-order valence-electron chi connectivity index (χ1n) is 7.81. The zero-order chi connectivity index (χ0) is 15.0. The number of aliphatic hydroxyl groups is 1. The van der Waals surface area contributed by atoms with Gasteiger partial charge >= 0.3 is 0 Å². The Kier molecular flexibility index (Phi) is 3.66. The van der Waals surface area contributed by atoms with Crippen LogP contribution in [0.15, 0.2) is 18.2 Å². The predicted molar refractivity (Wildman–Crippen MR) is 81.8 cm³/mol. The molecule has 1 aliphatic heterocycles. The van der Waals surface area contributed by atoms with Crippen molar-refractivity contribution in [2.45, 2.75) is 44.6 Å². The second-order valence-corrected chi connectivity index (χ2v) is 6.50. The highest BCUT2D eigenvalue weighted by Crippen LogP contribution is 2.41. The second kappa shape index (κ2) is 5.34. The first-order valence-corrected chi connectivity index (χ1v) is 7.81. The molecular formula is C17H23NO3. The van der Waals surface area contributed by atoms with Crippen LogP contribution < -0.4 is 4.90 Å². The molecule has 2 N–H and O–H groups in total. The topological polar surface area (TPSA) is 60.8 Å². The summed E-state index contributed by atoms with van der Waals surface area (Å²) in [5.74, 6) is 0.235. The van der Waals surface area contributed by atoms with Crippen molar-refractivity contribution in [3.63, 3.8) is 0 Å². The molecule has 2 unspecified atom stereocenters. The second-order valence-electron chi connectivity index (χ2n) is 6.50. The van der Waals surface area contributed by atoms with Gasteiger partial charge in [-0.2, -0.15) is 0 Å². The maximum Gasteiger partial charge on any atom is 0.163 e. The standard InChI is InChI=1S/C17H23NO3/c1-12(19)15-6-5-14(10-16(15)20)18-9-8-17(21)7-3-2-4-13(17)11-18/h5-6,10,13,20-21H,2-4,7-9,11H2,1H3. The van der Waals surface area contributed by atoms with Crippen LogP contribution in [0.1, 0.15) is 49.4 Å². The van der Waals surface area contributed by atoms with Crippen molar-refractivity contribution in [2.24, 2.45) is 5.92 Å². The highest BCUT2D eigenvalue weighted by Gasteiger charge is 2.42. The Balaban J connectivity index is 1.79. The largest absolute Gasteiger partial charge is 0.507 e. The van der Waals surface area contributed by atoms with Crippen LogP contribution in [0, 0.1) is 5.92 Å². The number of phenols is 1. The summed E-state index contributed by atoms with van der Waals surface area (Å²) in [6.07, 6.45) is 5.09. The molecule has 1 saturated heterocycles. The Morgan fingerprint density at radius 2 is 2.14 bits per heavy atom. The molecule has 2 atom stereocenters. The summed E-state index contributed by atoms with van der Waals surface area (Å²) in [5.41, 5.74) is 0.811. The number of carbonyl (C=O) groups is 1. The molecule has 114 valence electrons. The Morgan fingerprint density at radius 3 is 2.86 bits per heavy atom. The van der Waals surface area contributed by atoms with Gasteiger partial charge in [-0.3, -0.25) is 4.79 Å². The van der Waals surface area contributed by atoms with Gasteiger partial charge in [0.05, 0.1) is 11.2 Å². The summed E-state index contributed by atoms with van der Waals surface area (Å²) >= 11 is 0. The molecule has 0 aromatic heterocycles. The van der Waals surface area contributed by atoms with Crippen molar-refractivity contribution < 1.29 is 15.0 Å². The van der Waals surface area contributed by atoms with Gasteiger partial charge in [0.15, 0.2) is 5.78 Å². The van der Waals surface area contributed by atoms with Crippen molar-refractivity contribution in [3.8, 4) is 5.75 Å². The molecule has 2 aliphatic rings. The minimum absolute atomic E-state index is 0.0458. The van der Waals surface area contributed by atoms with Gasteiger partial charge in [-0.1, -0.05) is 12.8 Å². The van der Waals surface area contributed by atoms with Crippen molar-refractivity contribution >= 4 is 11.5 Å². The van der Waals surface area contributed by atoms with E-state index in [2.05, 4.69) is 4.90 Å². The smallest absolute Gasteiger partial charge is 0.163 e. The van der Waals surface area contributed by atoms with E-state index in [0.717, 1.165) is 44.5 Å². The van der Waals surface area contributed by atoms with Crippen molar-refractivity contribution in [2.75, 3.05) is 18.0 Å². The molecule has 4 heteroatoms. The van der Waals surface area contributed by atoms with E-state index in [1.807, 2.05) is 6.07 Å². The van der Waals surface area contributed by atoms with Crippen LogP contribution in [-0.2, 0) is 0 Å². The van der Waals surface area contributed by atoms with E-state index in [1.165, 1.54) is 13.3 Å². The Labute approximate surface area is 125 Å². The zero-order valence-corrected chi connectivity index (χ0v) is 12.5. The lowest BCUT2D eigenvalue weighted by Gasteiger charge is -2.48. The lowest BCUT2D eigenvalue weighted by atomic mass is 9.71. The lowest BCUT2D eigenvalue weighted by molar-refractivity contribution is -0.0612. The molecule has 21 heavy (non-hydrogen) atoms. The van der Waals surface area contributed by atoms with E-state index in [0.29, 0.717) is 11.5 Å². The minimum atomic E-state index is -0.490. The van der Waals surface area contributed by atoms with E-state index in [4.69, 9.17) is 0 Å². The number of rotatable bonds is 2. The van der Waals surface area contributed by atoms with Crippen LogP contribution in [0.2, 0.25) is 0 Å². The third kappa shape index (κ3) is 2.64. The number of benzene rings is 1. The summed E-state index contributed by atoms with van der Waals surface area (Å²) in [4.78, 5) is 13.6. The summed E-state index contributed by atoms with van der Waals surface area (Å²) in [7, 11) is 0. The van der Waals surface area contributed by atoms with Crippen LogP contribution in [0.5, 0.6) is 5.75 Å². The maximum absolute atomic E-state index is 11.4. The molecule has 1 aromatic carbocycles. The SMILES string of the molecule is CC(=O)c1ccc(N2CCC3(O)CCCCC3C2)cc1O. The van der Waals surface area contributed by atoms with E-state index < -0.39 is 5.60 Å². The highest BCUT2D eigenvalue weighted by atomic mass is 16.3. The molecule has 0 amide bonds. The van der Waals surface area contributed by atoms with E-state index in [-0.39, 0.29) is 11.5 Å². The quantitative estimate of drug-likeness (QED) is 0.822. The summed E-state index contributed by atoms with van der Waals surface area (Å²) in [6.45, 7) is 3.08. The number of anilines is 1. The monoisotopic (exact) mass is 289 g/mol. The average Bonchev–Trinajstić information content (AvgIpc) is 2.45. The van der Waals surface area contributed by atoms with Gasteiger partial charge in [0.25, 0.3) is 0 Å². The Hall–Kier alpha value is -1.55. The Morgan fingerprint density at radius 1 is 1.33 bits per heavy atom. The van der Waals surface area contributed by atoms with Crippen LogP contribution in [0.3, 0.4) is 0 Å². The van der Waals surface area contributed by atoms with E-state index >= 15 is 0 Å². The molecule has 3 rings (SSSR count). The van der Waals surface area contributed by atoms with Gasteiger partial charge in [0.1, 0.15) is 5.75 Å². The van der Waals surface area contributed by atoms with Gasteiger partial charge < -0.3 is 15.1 Å². The number of carbonyl (C=O) groups excluding carboxylic acids is 1. The third-order valence-corrected chi connectivity index (χ3v) is 5.15. The molecule has 1 saturated carbocycles. The van der Waals surface area contributed by atoms with Crippen molar-refractivity contribution in [1.29, 1.82) is 0 Å². The number of hydrogen-bond donors (Lipinski definition) is 2. The van der Waals surface area contributed by atoms with Crippen LogP contribution in [-0.4, -0.2) is 34.7 Å². The number of phenolic OH excluding ortho intramolecular Hbond substituents is 1. The molecule has 4 nitrogen and oxygen atoms in total. The van der Waals surface area contributed by atoms with Gasteiger partial charge in [0.2, 0.25) is 0 Å². The Bertz CT molecular complexity index is 557. The molecule has 0 bridgehead atoms. The molecule has 0 spiro atoms. The number of hydrogen-bond acceptors (Lipinski definition) is 4. The normalized spacial score (nSPS) is 29.0. The maximum atomic E-state index is 11.4. The number of piperidine rings is 1. The summed E-state index contributed by atoms with van der Waals surface area (Å²) in [5, 5.41) is 20.7. The van der Waals surface area contributed by atoms with Crippen LogP contribution in [0.25, 0.3) is 0 Å². The first kappa shape index (κ1) is 14.4. The van der Waals surface area contributed by atoms with Crippen LogP contribution >= 0.6 is 0 Å². The highest BCUT2D eigenvalue weighted by molar-refractivity contribution is 5.97. The third-order valence-electron chi connectivity index (χ3n) is 5.15. The molecule has 1 heterocycles. The lowest BCUT2D eigenvalue weighted by Crippen LogP contribution is -2.53. The van der Waals surface area contributed by atoms with Crippen LogP contribution in [0.4, 0.5) is 5.69 Å². The number of nitrogens with zero attached hydrogens (tertiary/aromatic N) is 1. The first-order chi connectivity index (χ1) is 9.99. The van der Waals surface area contributed by atoms with E-state index in [1.54, 1.807) is 12.1 Å². The van der Waals surface area contributed by atoms with Crippen molar-refractivity contribution in [3.05, 3.63) is 23.8 Å². The minimum Gasteiger partial charge on any atom is -0.507 e. The number of Topliss-reactive ketones (excluding diaryl/α,β-unsaturated/α-hetero) is 1. The summed E-state index contributed by atoms with van der Waals surface area (Å²) < 4.78 is 0. The molecular weight excluding hydrogens is 266 g/mol.